The third kappa shape index (κ3) is 3.87. The SMILES string of the molecule is CCOc1ccc(C(=O)N2CC(Oc3ncccc3C(F)(F)F)C2)cn1. The van der Waals surface area contributed by atoms with Crippen LogP contribution in [-0.2, 0) is 6.18 Å². The molecule has 1 aliphatic heterocycles. The quantitative estimate of drug-likeness (QED) is 0.813. The number of amides is 1. The van der Waals surface area contributed by atoms with Crippen LogP contribution < -0.4 is 9.47 Å². The lowest BCUT2D eigenvalue weighted by atomic mass is 10.1. The molecule has 0 radical (unpaired) electrons. The topological polar surface area (TPSA) is 64.5 Å². The Balaban J connectivity index is 1.58. The minimum absolute atomic E-state index is 0.180. The van der Waals surface area contributed by atoms with Gasteiger partial charge in [0.1, 0.15) is 11.7 Å². The Morgan fingerprint density at radius 2 is 2.04 bits per heavy atom. The number of carbonyl (C=O) groups excluding carboxylic acids is 1. The summed E-state index contributed by atoms with van der Waals surface area (Å²) in [4.78, 5) is 21.5. The van der Waals surface area contributed by atoms with Crippen molar-refractivity contribution in [1.82, 2.24) is 14.9 Å². The summed E-state index contributed by atoms with van der Waals surface area (Å²) in [5.41, 5.74) is -0.554. The molecule has 0 spiro atoms. The van der Waals surface area contributed by atoms with Crippen LogP contribution in [0.1, 0.15) is 22.8 Å². The average molecular weight is 367 g/mol. The molecule has 1 amide bonds. The van der Waals surface area contributed by atoms with E-state index in [4.69, 9.17) is 9.47 Å². The highest BCUT2D eigenvalue weighted by Gasteiger charge is 2.38. The fraction of sp³-hybridized carbons (Fsp3) is 0.353. The van der Waals surface area contributed by atoms with Crippen LogP contribution in [0.2, 0.25) is 0 Å². The number of nitrogens with zero attached hydrogens (tertiary/aromatic N) is 3. The van der Waals surface area contributed by atoms with Crippen molar-refractivity contribution in [3.8, 4) is 11.8 Å². The number of carbonyl (C=O) groups is 1. The second kappa shape index (κ2) is 7.19. The first-order valence-electron chi connectivity index (χ1n) is 7.95. The fourth-order valence-corrected chi connectivity index (χ4v) is 2.46. The highest BCUT2D eigenvalue weighted by molar-refractivity contribution is 5.94. The molecule has 0 saturated carbocycles. The van der Waals surface area contributed by atoms with Crippen LogP contribution in [0, 0.1) is 0 Å². The molecule has 3 heterocycles. The van der Waals surface area contributed by atoms with Gasteiger partial charge in [0.25, 0.3) is 5.91 Å². The summed E-state index contributed by atoms with van der Waals surface area (Å²) in [6, 6.07) is 5.30. The molecule has 0 N–H and O–H groups in total. The number of likely N-dealkylation sites (tertiary alicyclic amines) is 1. The summed E-state index contributed by atoms with van der Waals surface area (Å²) < 4.78 is 49.3. The van der Waals surface area contributed by atoms with Crippen molar-refractivity contribution in [2.45, 2.75) is 19.2 Å². The van der Waals surface area contributed by atoms with Crippen molar-refractivity contribution in [3.05, 3.63) is 47.8 Å². The molecule has 2 aromatic rings. The second-order valence-electron chi connectivity index (χ2n) is 5.62. The molecule has 26 heavy (non-hydrogen) atoms. The van der Waals surface area contributed by atoms with Crippen LogP contribution in [0.15, 0.2) is 36.7 Å². The van der Waals surface area contributed by atoms with Crippen LogP contribution in [0.3, 0.4) is 0 Å². The molecule has 3 rings (SSSR count). The Bertz CT molecular complexity index is 775. The largest absolute Gasteiger partial charge is 0.478 e. The van der Waals surface area contributed by atoms with Crippen molar-refractivity contribution < 1.29 is 27.4 Å². The average Bonchev–Trinajstić information content (AvgIpc) is 2.57. The molecule has 1 aliphatic rings. The lowest BCUT2D eigenvalue weighted by Gasteiger charge is -2.38. The summed E-state index contributed by atoms with van der Waals surface area (Å²) in [7, 11) is 0. The van der Waals surface area contributed by atoms with E-state index >= 15 is 0 Å². The Labute approximate surface area is 147 Å². The molecule has 1 saturated heterocycles. The predicted molar refractivity (Wildman–Crippen MR) is 85.0 cm³/mol. The van der Waals surface area contributed by atoms with E-state index in [1.807, 2.05) is 6.92 Å². The number of pyridine rings is 2. The summed E-state index contributed by atoms with van der Waals surface area (Å²) in [5.74, 6) is -0.319. The maximum atomic E-state index is 12.9. The first-order valence-corrected chi connectivity index (χ1v) is 7.95. The molecule has 0 atom stereocenters. The summed E-state index contributed by atoms with van der Waals surface area (Å²) >= 11 is 0. The van der Waals surface area contributed by atoms with E-state index in [2.05, 4.69) is 9.97 Å². The van der Waals surface area contributed by atoms with Crippen LogP contribution in [-0.4, -0.2) is 46.6 Å². The number of rotatable bonds is 5. The summed E-state index contributed by atoms with van der Waals surface area (Å²) in [6.45, 7) is 2.66. The zero-order valence-corrected chi connectivity index (χ0v) is 13.9. The van der Waals surface area contributed by atoms with Gasteiger partial charge in [-0.3, -0.25) is 4.79 Å². The molecule has 0 unspecified atom stereocenters. The fourth-order valence-electron chi connectivity index (χ4n) is 2.46. The first-order chi connectivity index (χ1) is 12.4. The lowest BCUT2D eigenvalue weighted by molar-refractivity contribution is -0.140. The van der Waals surface area contributed by atoms with Gasteiger partial charge in [0, 0.05) is 18.5 Å². The number of ether oxygens (including phenoxy) is 2. The van der Waals surface area contributed by atoms with E-state index < -0.39 is 23.7 Å². The highest BCUT2D eigenvalue weighted by Crippen LogP contribution is 2.35. The van der Waals surface area contributed by atoms with Gasteiger partial charge in [0.15, 0.2) is 0 Å². The molecule has 0 aliphatic carbocycles. The minimum Gasteiger partial charge on any atom is -0.478 e. The Morgan fingerprint density at radius 3 is 2.65 bits per heavy atom. The van der Waals surface area contributed by atoms with Crippen molar-refractivity contribution in [1.29, 1.82) is 0 Å². The van der Waals surface area contributed by atoms with Crippen LogP contribution in [0.25, 0.3) is 0 Å². The number of aromatic nitrogens is 2. The molecular weight excluding hydrogens is 351 g/mol. The Hall–Kier alpha value is -2.84. The number of hydrogen-bond acceptors (Lipinski definition) is 5. The zero-order valence-electron chi connectivity index (χ0n) is 13.9. The van der Waals surface area contributed by atoms with Gasteiger partial charge in [0.05, 0.1) is 25.3 Å². The van der Waals surface area contributed by atoms with Gasteiger partial charge in [-0.1, -0.05) is 0 Å². The molecule has 138 valence electrons. The van der Waals surface area contributed by atoms with E-state index in [-0.39, 0.29) is 19.0 Å². The molecular formula is C17H16F3N3O3. The van der Waals surface area contributed by atoms with Crippen LogP contribution in [0.5, 0.6) is 11.8 Å². The Morgan fingerprint density at radius 1 is 1.27 bits per heavy atom. The van der Waals surface area contributed by atoms with E-state index in [0.717, 1.165) is 6.07 Å². The van der Waals surface area contributed by atoms with Gasteiger partial charge in [-0.05, 0) is 25.1 Å². The molecule has 9 heteroatoms. The van der Waals surface area contributed by atoms with Crippen LogP contribution in [0.4, 0.5) is 13.2 Å². The Kier molecular flexibility index (Phi) is 4.97. The third-order valence-corrected chi connectivity index (χ3v) is 3.77. The van der Waals surface area contributed by atoms with E-state index in [1.165, 1.54) is 23.4 Å². The number of hydrogen-bond donors (Lipinski definition) is 0. The predicted octanol–water partition coefficient (Wildman–Crippen LogP) is 2.80. The number of alkyl halides is 3. The van der Waals surface area contributed by atoms with Crippen molar-refractivity contribution in [2.24, 2.45) is 0 Å². The van der Waals surface area contributed by atoms with Crippen LogP contribution >= 0.6 is 0 Å². The molecule has 6 nitrogen and oxygen atoms in total. The minimum atomic E-state index is -4.54. The van der Waals surface area contributed by atoms with Gasteiger partial charge in [-0.25, -0.2) is 9.97 Å². The maximum Gasteiger partial charge on any atom is 0.421 e. The smallest absolute Gasteiger partial charge is 0.421 e. The summed E-state index contributed by atoms with van der Waals surface area (Å²) in [6.07, 6.45) is -2.44. The maximum absolute atomic E-state index is 12.9. The second-order valence-corrected chi connectivity index (χ2v) is 5.62. The monoisotopic (exact) mass is 367 g/mol. The van der Waals surface area contributed by atoms with Gasteiger partial charge in [0.2, 0.25) is 11.8 Å². The molecule has 1 fully saturated rings. The molecule has 0 aromatic carbocycles. The normalized spacial score (nSPS) is 14.7. The first kappa shape index (κ1) is 18.0. The third-order valence-electron chi connectivity index (χ3n) is 3.77. The van der Waals surface area contributed by atoms with Crippen molar-refractivity contribution >= 4 is 5.91 Å². The highest BCUT2D eigenvalue weighted by atomic mass is 19.4. The van der Waals surface area contributed by atoms with Gasteiger partial charge >= 0.3 is 6.18 Å². The zero-order chi connectivity index (χ0) is 18.7. The van der Waals surface area contributed by atoms with E-state index in [1.54, 1.807) is 12.1 Å². The van der Waals surface area contributed by atoms with Crippen molar-refractivity contribution in [2.75, 3.05) is 19.7 Å². The molecule has 2 aromatic heterocycles. The van der Waals surface area contributed by atoms with Gasteiger partial charge < -0.3 is 14.4 Å². The number of halogens is 3. The standard InChI is InChI=1S/C17H16F3N3O3/c1-2-25-14-6-5-11(8-22-14)16(24)23-9-12(10-23)26-15-13(17(18,19)20)4-3-7-21-15/h3-8,12H,2,9-10H2,1H3. The van der Waals surface area contributed by atoms with E-state index in [9.17, 15) is 18.0 Å². The van der Waals surface area contributed by atoms with E-state index in [0.29, 0.717) is 18.1 Å². The lowest BCUT2D eigenvalue weighted by Crippen LogP contribution is -2.56. The summed E-state index contributed by atoms with van der Waals surface area (Å²) in [5, 5.41) is 0. The van der Waals surface area contributed by atoms with Gasteiger partial charge in [-0.15, -0.1) is 0 Å². The van der Waals surface area contributed by atoms with Gasteiger partial charge in [-0.2, -0.15) is 13.2 Å². The van der Waals surface area contributed by atoms with Crippen molar-refractivity contribution in [3.63, 3.8) is 0 Å². The molecule has 0 bridgehead atoms.